The van der Waals surface area contributed by atoms with E-state index in [1.165, 1.54) is 0 Å². The summed E-state index contributed by atoms with van der Waals surface area (Å²) in [7, 11) is 0. The van der Waals surface area contributed by atoms with Gasteiger partial charge in [-0.25, -0.2) is 0 Å². The Morgan fingerprint density at radius 2 is 2.18 bits per heavy atom. The molecule has 0 amide bonds. The fourth-order valence-corrected chi connectivity index (χ4v) is 1.02. The largest absolute Gasteiger partial charge is 0.409 e. The fourth-order valence-electron chi connectivity index (χ4n) is 1.02. The van der Waals surface area contributed by atoms with Crippen molar-refractivity contribution < 1.29 is 14.7 Å². The van der Waals surface area contributed by atoms with Crippen molar-refractivity contribution in [2.45, 2.75) is 19.1 Å². The van der Waals surface area contributed by atoms with E-state index < -0.39 is 5.79 Å². The molecule has 3 N–H and O–H groups in total. The van der Waals surface area contributed by atoms with E-state index in [-0.39, 0.29) is 5.84 Å². The van der Waals surface area contributed by atoms with Gasteiger partial charge in [0.05, 0.1) is 19.6 Å². The van der Waals surface area contributed by atoms with Crippen molar-refractivity contribution in [3.05, 3.63) is 0 Å². The first-order valence-electron chi connectivity index (χ1n) is 3.40. The van der Waals surface area contributed by atoms with Gasteiger partial charge in [-0.2, -0.15) is 0 Å². The van der Waals surface area contributed by atoms with Crippen LogP contribution in [0.2, 0.25) is 0 Å². The normalized spacial score (nSPS) is 23.9. The average Bonchev–Trinajstić information content (AvgIpc) is 2.36. The maximum atomic E-state index is 8.26. The number of amidine groups is 1. The van der Waals surface area contributed by atoms with E-state index in [2.05, 4.69) is 5.16 Å². The number of nitrogens with zero attached hydrogens (tertiary/aromatic N) is 1. The molecule has 11 heavy (non-hydrogen) atoms. The zero-order chi connectivity index (χ0) is 8.32. The smallest absolute Gasteiger partial charge is 0.172 e. The number of oxime groups is 1. The average molecular weight is 160 g/mol. The molecule has 1 heterocycles. The third-order valence-corrected chi connectivity index (χ3v) is 1.53. The Labute approximate surface area is 64.8 Å². The Hall–Kier alpha value is -0.810. The Morgan fingerprint density at radius 3 is 2.64 bits per heavy atom. The molecule has 5 heteroatoms. The van der Waals surface area contributed by atoms with Gasteiger partial charge in [0.25, 0.3) is 0 Å². The molecular formula is C6H12N2O3. The predicted octanol–water partition coefficient (Wildman–Crippen LogP) is -0.114. The van der Waals surface area contributed by atoms with E-state index in [1.807, 2.05) is 0 Å². The standard InChI is InChI=1S/C6H12N2O3/c1-6(4-5(7)8-9)10-2-3-11-6/h9H,2-4H2,1H3,(H2,7,8). The number of hydrogen-bond donors (Lipinski definition) is 2. The minimum absolute atomic E-state index is 0.120. The molecular weight excluding hydrogens is 148 g/mol. The molecule has 0 aliphatic carbocycles. The van der Waals surface area contributed by atoms with Crippen LogP contribution in [0.25, 0.3) is 0 Å². The van der Waals surface area contributed by atoms with Crippen LogP contribution < -0.4 is 5.73 Å². The molecule has 5 nitrogen and oxygen atoms in total. The van der Waals surface area contributed by atoms with Crippen molar-refractivity contribution in [2.24, 2.45) is 10.9 Å². The minimum atomic E-state index is -0.698. The second-order valence-electron chi connectivity index (χ2n) is 2.60. The summed E-state index contributed by atoms with van der Waals surface area (Å²) < 4.78 is 10.4. The molecule has 0 spiro atoms. The summed E-state index contributed by atoms with van der Waals surface area (Å²) in [6, 6.07) is 0. The van der Waals surface area contributed by atoms with Crippen LogP contribution in [-0.4, -0.2) is 30.0 Å². The van der Waals surface area contributed by atoms with E-state index in [0.717, 1.165) is 0 Å². The topological polar surface area (TPSA) is 77.1 Å². The molecule has 0 unspecified atom stereocenters. The molecule has 1 rings (SSSR count). The quantitative estimate of drug-likeness (QED) is 0.255. The number of rotatable bonds is 2. The van der Waals surface area contributed by atoms with Crippen LogP contribution in [-0.2, 0) is 9.47 Å². The van der Waals surface area contributed by atoms with Gasteiger partial charge in [-0.15, -0.1) is 0 Å². The van der Waals surface area contributed by atoms with E-state index in [9.17, 15) is 0 Å². The molecule has 0 bridgehead atoms. The second-order valence-corrected chi connectivity index (χ2v) is 2.60. The van der Waals surface area contributed by atoms with Gasteiger partial charge >= 0.3 is 0 Å². The van der Waals surface area contributed by atoms with Crippen LogP contribution >= 0.6 is 0 Å². The molecule has 0 atom stereocenters. The lowest BCUT2D eigenvalue weighted by atomic mass is 10.2. The summed E-state index contributed by atoms with van der Waals surface area (Å²) in [6.07, 6.45) is 0.295. The molecule has 1 aliphatic rings. The summed E-state index contributed by atoms with van der Waals surface area (Å²) in [4.78, 5) is 0. The van der Waals surface area contributed by atoms with Crippen LogP contribution in [0.3, 0.4) is 0 Å². The van der Waals surface area contributed by atoms with Crippen LogP contribution in [0.15, 0.2) is 5.16 Å². The molecule has 0 radical (unpaired) electrons. The van der Waals surface area contributed by atoms with Gasteiger partial charge in [-0.1, -0.05) is 5.16 Å². The summed E-state index contributed by atoms with van der Waals surface area (Å²) in [5.74, 6) is -0.578. The highest BCUT2D eigenvalue weighted by atomic mass is 16.7. The first-order valence-corrected chi connectivity index (χ1v) is 3.40. The Balaban J connectivity index is 2.46. The van der Waals surface area contributed by atoms with Gasteiger partial charge in [0, 0.05) is 0 Å². The predicted molar refractivity (Wildman–Crippen MR) is 38.3 cm³/mol. The minimum Gasteiger partial charge on any atom is -0.409 e. The highest BCUT2D eigenvalue weighted by Gasteiger charge is 2.31. The monoisotopic (exact) mass is 160 g/mol. The number of ether oxygens (including phenoxy) is 2. The Kier molecular flexibility index (Phi) is 2.31. The third-order valence-electron chi connectivity index (χ3n) is 1.53. The van der Waals surface area contributed by atoms with Gasteiger partial charge in [-0.3, -0.25) is 0 Å². The highest BCUT2D eigenvalue weighted by Crippen LogP contribution is 2.21. The second kappa shape index (κ2) is 3.06. The van der Waals surface area contributed by atoms with Crippen LogP contribution in [0.5, 0.6) is 0 Å². The van der Waals surface area contributed by atoms with E-state index >= 15 is 0 Å². The maximum absolute atomic E-state index is 8.26. The summed E-state index contributed by atoms with van der Waals surface area (Å²) in [5.41, 5.74) is 5.28. The van der Waals surface area contributed by atoms with Crippen molar-refractivity contribution in [1.82, 2.24) is 0 Å². The van der Waals surface area contributed by atoms with Crippen LogP contribution in [0, 0.1) is 0 Å². The van der Waals surface area contributed by atoms with Crippen molar-refractivity contribution in [3.8, 4) is 0 Å². The summed E-state index contributed by atoms with van der Waals surface area (Å²) in [5, 5.41) is 11.1. The van der Waals surface area contributed by atoms with Crippen molar-refractivity contribution in [2.75, 3.05) is 13.2 Å². The fraction of sp³-hybridized carbons (Fsp3) is 0.833. The molecule has 0 saturated carbocycles. The lowest BCUT2D eigenvalue weighted by Crippen LogP contribution is -2.32. The van der Waals surface area contributed by atoms with E-state index in [1.54, 1.807) is 6.92 Å². The third kappa shape index (κ3) is 2.06. The maximum Gasteiger partial charge on any atom is 0.172 e. The SMILES string of the molecule is CC1(CC(N)=NO)OCCO1. The van der Waals surface area contributed by atoms with Gasteiger partial charge in [0.2, 0.25) is 0 Å². The van der Waals surface area contributed by atoms with Gasteiger partial charge in [0.15, 0.2) is 5.79 Å². The molecule has 64 valence electrons. The van der Waals surface area contributed by atoms with E-state index in [0.29, 0.717) is 19.6 Å². The zero-order valence-electron chi connectivity index (χ0n) is 6.41. The lowest BCUT2D eigenvalue weighted by molar-refractivity contribution is -0.135. The zero-order valence-corrected chi connectivity index (χ0v) is 6.41. The molecule has 1 saturated heterocycles. The lowest BCUT2D eigenvalue weighted by Gasteiger charge is -2.20. The van der Waals surface area contributed by atoms with Crippen LogP contribution in [0.4, 0.5) is 0 Å². The molecule has 1 aliphatic heterocycles. The first kappa shape index (κ1) is 8.29. The first-order chi connectivity index (χ1) is 5.16. The number of nitrogens with two attached hydrogens (primary N) is 1. The Bertz CT molecular complexity index is 163. The van der Waals surface area contributed by atoms with Crippen molar-refractivity contribution in [3.63, 3.8) is 0 Å². The molecule has 0 aromatic rings. The van der Waals surface area contributed by atoms with Gasteiger partial charge in [-0.05, 0) is 6.92 Å². The van der Waals surface area contributed by atoms with Gasteiger partial charge < -0.3 is 20.4 Å². The van der Waals surface area contributed by atoms with Crippen molar-refractivity contribution in [1.29, 1.82) is 0 Å². The molecule has 0 aromatic carbocycles. The summed E-state index contributed by atoms with van der Waals surface area (Å²) in [6.45, 7) is 2.89. The van der Waals surface area contributed by atoms with Crippen molar-refractivity contribution >= 4 is 5.84 Å². The van der Waals surface area contributed by atoms with E-state index in [4.69, 9.17) is 20.4 Å². The van der Waals surface area contributed by atoms with Crippen LogP contribution in [0.1, 0.15) is 13.3 Å². The molecule has 0 aromatic heterocycles. The Morgan fingerprint density at radius 1 is 1.64 bits per heavy atom. The van der Waals surface area contributed by atoms with Gasteiger partial charge in [0.1, 0.15) is 5.84 Å². The number of hydrogen-bond acceptors (Lipinski definition) is 4. The highest BCUT2D eigenvalue weighted by molar-refractivity contribution is 5.80. The molecule has 1 fully saturated rings. The summed E-state index contributed by atoms with van der Waals surface area (Å²) >= 11 is 0.